The summed E-state index contributed by atoms with van der Waals surface area (Å²) in [4.78, 5) is 25.5. The molecule has 4 aromatic rings. The SMILES string of the molecule is Cc1ccc2c(N3CCC[C@H](CN(Cc4ccccc4)C(=O)O)C3)nc(-c3ccccc3O)nc2c1. The Labute approximate surface area is 210 Å². The van der Waals surface area contributed by atoms with Gasteiger partial charge in [0.05, 0.1) is 11.1 Å². The van der Waals surface area contributed by atoms with Crippen LogP contribution in [0.4, 0.5) is 10.6 Å². The molecule has 36 heavy (non-hydrogen) atoms. The van der Waals surface area contributed by atoms with Crippen LogP contribution in [0.1, 0.15) is 24.0 Å². The fraction of sp³-hybridized carbons (Fsp3) is 0.276. The van der Waals surface area contributed by atoms with Gasteiger partial charge in [-0.3, -0.25) is 0 Å². The highest BCUT2D eigenvalue weighted by atomic mass is 16.4. The van der Waals surface area contributed by atoms with Gasteiger partial charge in [-0.05, 0) is 61.1 Å². The van der Waals surface area contributed by atoms with Gasteiger partial charge in [-0.15, -0.1) is 0 Å². The summed E-state index contributed by atoms with van der Waals surface area (Å²) in [6.07, 6.45) is 1.01. The quantitative estimate of drug-likeness (QED) is 0.366. The number of rotatable bonds is 6. The maximum absolute atomic E-state index is 12.0. The molecule has 0 spiro atoms. The van der Waals surface area contributed by atoms with E-state index in [1.807, 2.05) is 55.5 Å². The van der Waals surface area contributed by atoms with Crippen molar-refractivity contribution in [3.05, 3.63) is 83.9 Å². The number of aromatic nitrogens is 2. The molecule has 1 saturated heterocycles. The van der Waals surface area contributed by atoms with Crippen molar-refractivity contribution >= 4 is 22.8 Å². The monoisotopic (exact) mass is 482 g/mol. The van der Waals surface area contributed by atoms with Crippen LogP contribution in [0.5, 0.6) is 5.75 Å². The van der Waals surface area contributed by atoms with E-state index in [9.17, 15) is 15.0 Å². The van der Waals surface area contributed by atoms with E-state index in [1.54, 1.807) is 12.1 Å². The van der Waals surface area contributed by atoms with Gasteiger partial charge in [-0.1, -0.05) is 48.5 Å². The number of carboxylic acid groups (broad SMARTS) is 1. The van der Waals surface area contributed by atoms with E-state index in [1.165, 1.54) is 4.90 Å². The minimum absolute atomic E-state index is 0.144. The van der Waals surface area contributed by atoms with Gasteiger partial charge >= 0.3 is 6.09 Å². The van der Waals surface area contributed by atoms with Crippen LogP contribution < -0.4 is 4.90 Å². The topological polar surface area (TPSA) is 89.8 Å². The molecule has 7 heteroatoms. The number of anilines is 1. The summed E-state index contributed by atoms with van der Waals surface area (Å²) in [6.45, 7) is 4.42. The Kier molecular flexibility index (Phi) is 6.71. The first-order valence-electron chi connectivity index (χ1n) is 12.3. The van der Waals surface area contributed by atoms with Gasteiger partial charge in [0.25, 0.3) is 0 Å². The summed E-state index contributed by atoms with van der Waals surface area (Å²) in [5, 5.41) is 21.3. The number of phenols is 1. The van der Waals surface area contributed by atoms with Crippen LogP contribution in [0.3, 0.4) is 0 Å². The maximum Gasteiger partial charge on any atom is 0.407 e. The van der Waals surface area contributed by atoms with Gasteiger partial charge in [0.15, 0.2) is 5.82 Å². The minimum atomic E-state index is -0.902. The van der Waals surface area contributed by atoms with Crippen molar-refractivity contribution in [1.82, 2.24) is 14.9 Å². The van der Waals surface area contributed by atoms with Crippen molar-refractivity contribution in [1.29, 1.82) is 0 Å². The molecule has 0 unspecified atom stereocenters. The molecule has 1 atom stereocenters. The lowest BCUT2D eigenvalue weighted by atomic mass is 9.96. The van der Waals surface area contributed by atoms with Crippen LogP contribution >= 0.6 is 0 Å². The molecule has 0 bridgehead atoms. The molecule has 184 valence electrons. The number of aromatic hydroxyl groups is 1. The van der Waals surface area contributed by atoms with Crippen molar-refractivity contribution in [3.8, 4) is 17.1 Å². The Morgan fingerprint density at radius 1 is 1.06 bits per heavy atom. The smallest absolute Gasteiger partial charge is 0.407 e. The Hall–Kier alpha value is -4.13. The third kappa shape index (κ3) is 5.10. The summed E-state index contributed by atoms with van der Waals surface area (Å²) in [7, 11) is 0. The number of nitrogens with zero attached hydrogens (tertiary/aromatic N) is 4. The van der Waals surface area contributed by atoms with Crippen molar-refractivity contribution < 1.29 is 15.0 Å². The molecule has 0 radical (unpaired) electrons. The third-order valence-corrected chi connectivity index (χ3v) is 6.76. The molecule has 7 nitrogen and oxygen atoms in total. The van der Waals surface area contributed by atoms with Gasteiger partial charge in [0, 0.05) is 31.6 Å². The first-order chi connectivity index (χ1) is 17.5. The molecule has 1 aromatic heterocycles. The zero-order chi connectivity index (χ0) is 25.1. The summed E-state index contributed by atoms with van der Waals surface area (Å²) >= 11 is 0. The van der Waals surface area contributed by atoms with E-state index in [2.05, 4.69) is 17.0 Å². The molecule has 2 heterocycles. The Balaban J connectivity index is 1.45. The van der Waals surface area contributed by atoms with E-state index in [4.69, 9.17) is 9.97 Å². The zero-order valence-electron chi connectivity index (χ0n) is 20.3. The van der Waals surface area contributed by atoms with Crippen molar-refractivity contribution in [2.45, 2.75) is 26.3 Å². The van der Waals surface area contributed by atoms with Crippen LogP contribution in [-0.2, 0) is 6.54 Å². The second kappa shape index (κ2) is 10.2. The molecule has 0 saturated carbocycles. The van der Waals surface area contributed by atoms with Crippen molar-refractivity contribution in [2.75, 3.05) is 24.5 Å². The highest BCUT2D eigenvalue weighted by Crippen LogP contribution is 2.33. The molecule has 5 rings (SSSR count). The number of para-hydroxylation sites is 1. The average molecular weight is 483 g/mol. The molecular formula is C29H30N4O3. The predicted octanol–water partition coefficient (Wildman–Crippen LogP) is 5.71. The lowest BCUT2D eigenvalue weighted by molar-refractivity contribution is 0.131. The van der Waals surface area contributed by atoms with Crippen LogP contribution in [0.25, 0.3) is 22.3 Å². The summed E-state index contributed by atoms with van der Waals surface area (Å²) in [5.74, 6) is 1.64. The molecule has 1 aliphatic heterocycles. The van der Waals surface area contributed by atoms with Crippen LogP contribution in [0.15, 0.2) is 72.8 Å². The molecule has 1 fully saturated rings. The van der Waals surface area contributed by atoms with Gasteiger partial charge in [-0.25, -0.2) is 14.8 Å². The molecule has 1 amide bonds. The standard InChI is InChI=1S/C29H30N4O3/c1-20-13-14-23-25(16-20)30-27(24-11-5-6-12-26(24)34)31-28(23)32-15-7-10-22(18-32)19-33(29(35)36)17-21-8-3-2-4-9-21/h2-6,8-9,11-14,16,22,34H,7,10,15,17-19H2,1H3,(H,35,36)/t22-/m0/s1. The highest BCUT2D eigenvalue weighted by molar-refractivity contribution is 5.92. The number of benzene rings is 3. The third-order valence-electron chi connectivity index (χ3n) is 6.76. The fourth-order valence-corrected chi connectivity index (χ4v) is 4.98. The number of piperidine rings is 1. The number of hydrogen-bond donors (Lipinski definition) is 2. The zero-order valence-corrected chi connectivity index (χ0v) is 20.3. The van der Waals surface area contributed by atoms with E-state index < -0.39 is 6.09 Å². The van der Waals surface area contributed by atoms with Crippen LogP contribution in [0.2, 0.25) is 0 Å². The number of aryl methyl sites for hydroxylation is 1. The molecule has 3 aromatic carbocycles. The largest absolute Gasteiger partial charge is 0.507 e. The second-order valence-corrected chi connectivity index (χ2v) is 9.51. The normalized spacial score (nSPS) is 15.7. The van der Waals surface area contributed by atoms with E-state index in [0.29, 0.717) is 31.0 Å². The minimum Gasteiger partial charge on any atom is -0.507 e. The first-order valence-corrected chi connectivity index (χ1v) is 12.3. The summed E-state index contributed by atoms with van der Waals surface area (Å²) < 4.78 is 0. The number of phenolic OH excluding ortho intramolecular Hbond substituents is 1. The Bertz CT molecular complexity index is 1380. The van der Waals surface area contributed by atoms with Gasteiger partial charge in [0.1, 0.15) is 11.6 Å². The number of carbonyl (C=O) groups is 1. The molecule has 0 aliphatic carbocycles. The summed E-state index contributed by atoms with van der Waals surface area (Å²) in [5.41, 5.74) is 3.51. The average Bonchev–Trinajstić information content (AvgIpc) is 2.88. The number of hydrogen-bond acceptors (Lipinski definition) is 5. The van der Waals surface area contributed by atoms with E-state index in [-0.39, 0.29) is 11.7 Å². The second-order valence-electron chi connectivity index (χ2n) is 9.51. The van der Waals surface area contributed by atoms with Crippen LogP contribution in [0, 0.1) is 12.8 Å². The molecule has 2 N–H and O–H groups in total. The lowest BCUT2D eigenvalue weighted by Gasteiger charge is -2.36. The fourth-order valence-electron chi connectivity index (χ4n) is 4.98. The van der Waals surface area contributed by atoms with Gasteiger partial charge in [0.2, 0.25) is 0 Å². The molecular weight excluding hydrogens is 452 g/mol. The van der Waals surface area contributed by atoms with Gasteiger partial charge in [-0.2, -0.15) is 0 Å². The van der Waals surface area contributed by atoms with E-state index >= 15 is 0 Å². The first kappa shape index (κ1) is 23.6. The summed E-state index contributed by atoms with van der Waals surface area (Å²) in [6, 6.07) is 23.0. The number of amides is 1. The molecule has 1 aliphatic rings. The van der Waals surface area contributed by atoms with E-state index in [0.717, 1.165) is 47.2 Å². The Morgan fingerprint density at radius 2 is 1.83 bits per heavy atom. The predicted molar refractivity (Wildman–Crippen MR) is 141 cm³/mol. The van der Waals surface area contributed by atoms with Crippen molar-refractivity contribution in [2.24, 2.45) is 5.92 Å². The van der Waals surface area contributed by atoms with Crippen molar-refractivity contribution in [3.63, 3.8) is 0 Å². The Morgan fingerprint density at radius 3 is 2.61 bits per heavy atom. The number of fused-ring (bicyclic) bond motifs is 1. The highest BCUT2D eigenvalue weighted by Gasteiger charge is 2.27. The van der Waals surface area contributed by atoms with Crippen LogP contribution in [-0.4, -0.2) is 50.8 Å². The maximum atomic E-state index is 12.0. The van der Waals surface area contributed by atoms with Gasteiger partial charge < -0.3 is 20.0 Å². The lowest BCUT2D eigenvalue weighted by Crippen LogP contribution is -2.42.